The van der Waals surface area contributed by atoms with Crippen molar-refractivity contribution in [3.8, 4) is 5.69 Å². The zero-order chi connectivity index (χ0) is 15.0. The second-order valence-electron chi connectivity index (χ2n) is 4.78. The number of hydrogen-bond acceptors (Lipinski definition) is 2. The van der Waals surface area contributed by atoms with Gasteiger partial charge in [0.25, 0.3) is 0 Å². The molecule has 0 bridgehead atoms. The second kappa shape index (κ2) is 4.80. The second-order valence-corrected chi connectivity index (χ2v) is 4.78. The lowest BCUT2D eigenvalue weighted by atomic mass is 10.1. The van der Waals surface area contributed by atoms with Crippen LogP contribution in [0, 0.1) is 0 Å². The zero-order valence-electron chi connectivity index (χ0n) is 10.9. The number of fused-ring (bicyclic) bond motifs is 1. The number of anilines is 1. The fourth-order valence-electron chi connectivity index (χ4n) is 2.26. The smallest absolute Gasteiger partial charge is 0.383 e. The van der Waals surface area contributed by atoms with Gasteiger partial charge in [0.2, 0.25) is 0 Å². The Labute approximate surface area is 118 Å². The van der Waals surface area contributed by atoms with Gasteiger partial charge in [0.1, 0.15) is 5.82 Å². The lowest BCUT2D eigenvalue weighted by molar-refractivity contribution is -0.127. The summed E-state index contributed by atoms with van der Waals surface area (Å²) in [6.45, 7) is 0. The Balaban J connectivity index is 2.08. The van der Waals surface area contributed by atoms with E-state index >= 15 is 0 Å². The average molecular weight is 291 g/mol. The summed E-state index contributed by atoms with van der Waals surface area (Å²) < 4.78 is 38.9. The van der Waals surface area contributed by atoms with E-state index in [1.54, 1.807) is 6.07 Å². The van der Waals surface area contributed by atoms with Gasteiger partial charge in [-0.25, -0.2) is 4.68 Å². The summed E-state index contributed by atoms with van der Waals surface area (Å²) in [5, 5.41) is 4.94. The summed E-state index contributed by atoms with van der Waals surface area (Å²) in [4.78, 5) is 0. The van der Waals surface area contributed by atoms with Crippen LogP contribution in [-0.4, -0.2) is 16.0 Å². The van der Waals surface area contributed by atoms with E-state index in [2.05, 4.69) is 5.10 Å². The number of aromatic nitrogens is 2. The van der Waals surface area contributed by atoms with Crippen molar-refractivity contribution < 1.29 is 13.2 Å². The Bertz CT molecular complexity index is 776. The predicted molar refractivity (Wildman–Crippen MR) is 75.2 cm³/mol. The summed E-state index contributed by atoms with van der Waals surface area (Å²) in [7, 11) is 0. The van der Waals surface area contributed by atoms with Gasteiger partial charge in [-0.15, -0.1) is 0 Å². The fraction of sp³-hybridized carbons (Fsp3) is 0.133. The molecule has 0 fully saturated rings. The van der Waals surface area contributed by atoms with Gasteiger partial charge in [-0.2, -0.15) is 18.3 Å². The van der Waals surface area contributed by atoms with E-state index in [4.69, 9.17) is 5.73 Å². The van der Waals surface area contributed by atoms with E-state index in [9.17, 15) is 13.2 Å². The number of rotatable bonds is 2. The molecule has 0 radical (unpaired) electrons. The molecule has 6 heteroatoms. The van der Waals surface area contributed by atoms with Crippen LogP contribution in [0.15, 0.2) is 48.5 Å². The molecular formula is C15H12F3N3. The molecule has 0 amide bonds. The lowest BCUT2D eigenvalue weighted by Crippen LogP contribution is -2.11. The zero-order valence-corrected chi connectivity index (χ0v) is 10.9. The normalized spacial score (nSPS) is 12.0. The molecule has 0 saturated heterocycles. The first-order valence-electron chi connectivity index (χ1n) is 6.33. The van der Waals surface area contributed by atoms with E-state index < -0.39 is 12.6 Å². The number of nitrogens with two attached hydrogens (primary N) is 1. The first-order valence-corrected chi connectivity index (χ1v) is 6.33. The molecule has 0 aliphatic carbocycles. The Kier molecular flexibility index (Phi) is 3.08. The van der Waals surface area contributed by atoms with E-state index in [1.807, 2.05) is 30.3 Å². The molecule has 2 N–H and O–H groups in total. The third-order valence-corrected chi connectivity index (χ3v) is 3.18. The van der Waals surface area contributed by atoms with Gasteiger partial charge in [-0.3, -0.25) is 0 Å². The van der Waals surface area contributed by atoms with Gasteiger partial charge in [0, 0.05) is 5.39 Å². The van der Waals surface area contributed by atoms with Crippen LogP contribution in [-0.2, 0) is 6.42 Å². The highest BCUT2D eigenvalue weighted by molar-refractivity contribution is 5.90. The molecule has 3 nitrogen and oxygen atoms in total. The minimum absolute atomic E-state index is 0.174. The molecule has 0 atom stereocenters. The minimum atomic E-state index is -4.23. The van der Waals surface area contributed by atoms with E-state index in [0.29, 0.717) is 16.7 Å². The maximum Gasteiger partial charge on any atom is 0.393 e. The number of nitrogen functional groups attached to an aromatic ring is 1. The highest BCUT2D eigenvalue weighted by atomic mass is 19.4. The van der Waals surface area contributed by atoms with Crippen LogP contribution in [0.25, 0.3) is 16.6 Å². The monoisotopic (exact) mass is 291 g/mol. The molecule has 1 aromatic heterocycles. The van der Waals surface area contributed by atoms with Crippen LogP contribution in [0.1, 0.15) is 5.56 Å². The summed E-state index contributed by atoms with van der Waals surface area (Å²) in [6.07, 6.45) is -5.21. The van der Waals surface area contributed by atoms with Crippen LogP contribution in [0.3, 0.4) is 0 Å². The van der Waals surface area contributed by atoms with Gasteiger partial charge >= 0.3 is 6.18 Å². The van der Waals surface area contributed by atoms with E-state index in [0.717, 1.165) is 5.69 Å². The van der Waals surface area contributed by atoms with E-state index in [-0.39, 0.29) is 5.56 Å². The van der Waals surface area contributed by atoms with Gasteiger partial charge in [-0.05, 0) is 29.8 Å². The molecule has 0 saturated carbocycles. The largest absolute Gasteiger partial charge is 0.393 e. The highest BCUT2D eigenvalue weighted by Crippen LogP contribution is 2.27. The number of nitrogens with zero attached hydrogens (tertiary/aromatic N) is 2. The van der Waals surface area contributed by atoms with Gasteiger partial charge in [0.05, 0.1) is 17.6 Å². The van der Waals surface area contributed by atoms with Crippen molar-refractivity contribution in [2.45, 2.75) is 12.6 Å². The predicted octanol–water partition coefficient (Wildman–Crippen LogP) is 3.71. The standard InChI is InChI=1S/C15H12F3N3/c16-15(17,18)9-10-6-7-12-13(8-10)20-21(14(12)19)11-4-2-1-3-5-11/h1-8H,9,19H2. The molecule has 2 aromatic carbocycles. The fourth-order valence-corrected chi connectivity index (χ4v) is 2.26. The summed E-state index contributed by atoms with van der Waals surface area (Å²) in [5.74, 6) is 0.412. The van der Waals surface area contributed by atoms with Crippen LogP contribution in [0.2, 0.25) is 0 Å². The van der Waals surface area contributed by atoms with Crippen molar-refractivity contribution in [2.24, 2.45) is 0 Å². The van der Waals surface area contributed by atoms with Crippen LogP contribution in [0.5, 0.6) is 0 Å². The van der Waals surface area contributed by atoms with Crippen molar-refractivity contribution in [3.63, 3.8) is 0 Å². The van der Waals surface area contributed by atoms with Crippen LogP contribution >= 0.6 is 0 Å². The molecule has 3 aromatic rings. The average Bonchev–Trinajstić information content (AvgIpc) is 2.75. The summed E-state index contributed by atoms with van der Waals surface area (Å²) >= 11 is 0. The van der Waals surface area contributed by atoms with Crippen molar-refractivity contribution in [2.75, 3.05) is 5.73 Å². The number of hydrogen-bond donors (Lipinski definition) is 1. The molecule has 21 heavy (non-hydrogen) atoms. The SMILES string of the molecule is Nc1c2ccc(CC(F)(F)F)cc2nn1-c1ccccc1. The molecule has 1 heterocycles. The highest BCUT2D eigenvalue weighted by Gasteiger charge is 2.27. The molecule has 0 spiro atoms. The first-order chi connectivity index (χ1) is 9.94. The molecule has 0 aliphatic rings. The van der Waals surface area contributed by atoms with Gasteiger partial charge in [0.15, 0.2) is 0 Å². The minimum Gasteiger partial charge on any atom is -0.383 e. The third-order valence-electron chi connectivity index (χ3n) is 3.18. The Morgan fingerprint density at radius 3 is 2.43 bits per heavy atom. The van der Waals surface area contributed by atoms with Crippen molar-refractivity contribution >= 4 is 16.7 Å². The molecule has 108 valence electrons. The van der Waals surface area contributed by atoms with Crippen molar-refractivity contribution in [3.05, 3.63) is 54.1 Å². The Hall–Kier alpha value is -2.50. The number of para-hydroxylation sites is 1. The number of alkyl halides is 3. The van der Waals surface area contributed by atoms with Crippen LogP contribution in [0.4, 0.5) is 19.0 Å². The van der Waals surface area contributed by atoms with Crippen molar-refractivity contribution in [1.82, 2.24) is 9.78 Å². The van der Waals surface area contributed by atoms with E-state index in [1.165, 1.54) is 16.8 Å². The molecule has 0 aliphatic heterocycles. The quantitative estimate of drug-likeness (QED) is 0.782. The Morgan fingerprint density at radius 1 is 1.05 bits per heavy atom. The Morgan fingerprint density at radius 2 is 1.76 bits per heavy atom. The molecule has 0 unspecified atom stereocenters. The topological polar surface area (TPSA) is 43.8 Å². The first kappa shape index (κ1) is 13.5. The van der Waals surface area contributed by atoms with Gasteiger partial charge < -0.3 is 5.73 Å². The maximum absolute atomic E-state index is 12.4. The van der Waals surface area contributed by atoms with Crippen LogP contribution < -0.4 is 5.73 Å². The summed E-state index contributed by atoms with van der Waals surface area (Å²) in [5.41, 5.74) is 7.42. The number of halogens is 3. The molecule has 3 rings (SSSR count). The van der Waals surface area contributed by atoms with Crippen molar-refractivity contribution in [1.29, 1.82) is 0 Å². The summed E-state index contributed by atoms with van der Waals surface area (Å²) in [6, 6.07) is 13.7. The number of benzene rings is 2. The maximum atomic E-state index is 12.4. The molecular weight excluding hydrogens is 279 g/mol. The lowest BCUT2D eigenvalue weighted by Gasteiger charge is -2.05. The third kappa shape index (κ3) is 2.69. The van der Waals surface area contributed by atoms with Gasteiger partial charge in [-0.1, -0.05) is 24.3 Å².